The Hall–Kier alpha value is -3.38. The average molecular weight is 383 g/mol. The van der Waals surface area contributed by atoms with Crippen molar-refractivity contribution in [2.75, 3.05) is 0 Å². The Bertz CT molecular complexity index is 1580. The highest BCUT2D eigenvalue weighted by Crippen LogP contribution is 2.52. The van der Waals surface area contributed by atoms with Crippen molar-refractivity contribution in [3.63, 3.8) is 0 Å². The van der Waals surface area contributed by atoms with Crippen molar-refractivity contribution in [2.45, 2.75) is 25.7 Å². The van der Waals surface area contributed by atoms with Gasteiger partial charge in [0.05, 0.1) is 0 Å². The summed E-state index contributed by atoms with van der Waals surface area (Å²) >= 11 is 0. The number of benzene rings is 5. The topological polar surface area (TPSA) is 0 Å². The molecule has 0 aromatic heterocycles. The monoisotopic (exact) mass is 382 g/mol. The lowest BCUT2D eigenvalue weighted by Crippen LogP contribution is -2.24. The molecule has 2 aliphatic carbocycles. The molecule has 2 aliphatic rings. The molecule has 0 atom stereocenters. The van der Waals surface area contributed by atoms with Crippen molar-refractivity contribution in [3.8, 4) is 11.1 Å². The predicted octanol–water partition coefficient (Wildman–Crippen LogP) is 8.02. The van der Waals surface area contributed by atoms with Gasteiger partial charge in [-0.25, -0.2) is 0 Å². The first-order valence-corrected chi connectivity index (χ1v) is 10.8. The third-order valence-electron chi connectivity index (χ3n) is 7.39. The summed E-state index contributed by atoms with van der Waals surface area (Å²) in [7, 11) is 0. The van der Waals surface area contributed by atoms with E-state index in [0.717, 1.165) is 6.42 Å². The maximum atomic E-state index is 2.41. The fourth-order valence-corrected chi connectivity index (χ4v) is 6.01. The lowest BCUT2D eigenvalue weighted by Gasteiger charge is -2.37. The summed E-state index contributed by atoms with van der Waals surface area (Å²) in [6, 6.07) is 27.6. The Balaban J connectivity index is 1.69. The molecule has 0 saturated heterocycles. The van der Waals surface area contributed by atoms with Crippen molar-refractivity contribution < 1.29 is 0 Å². The maximum absolute atomic E-state index is 2.41. The molecule has 0 spiro atoms. The quantitative estimate of drug-likeness (QED) is 0.238. The van der Waals surface area contributed by atoms with E-state index in [1.165, 1.54) is 65.7 Å². The van der Waals surface area contributed by atoms with Gasteiger partial charge in [-0.05, 0) is 84.3 Å². The molecule has 0 heterocycles. The highest BCUT2D eigenvalue weighted by molar-refractivity contribution is 6.12. The van der Waals surface area contributed by atoms with E-state index in [1.54, 1.807) is 0 Å². The summed E-state index contributed by atoms with van der Waals surface area (Å²) in [5.74, 6) is 0. The molecular weight excluding hydrogens is 360 g/mol. The molecule has 0 heteroatoms. The smallest absolute Gasteiger partial charge is 0.0165 e. The van der Waals surface area contributed by atoms with Crippen LogP contribution in [0.25, 0.3) is 49.5 Å². The van der Waals surface area contributed by atoms with Crippen LogP contribution in [0.3, 0.4) is 0 Å². The van der Waals surface area contributed by atoms with Gasteiger partial charge < -0.3 is 0 Å². The normalized spacial score (nSPS) is 15.7. The Morgan fingerprint density at radius 3 is 2.37 bits per heavy atom. The van der Waals surface area contributed by atoms with Crippen LogP contribution in [-0.4, -0.2) is 0 Å². The van der Waals surface area contributed by atoms with Crippen molar-refractivity contribution in [1.29, 1.82) is 0 Å². The Labute approximate surface area is 176 Å². The molecule has 0 amide bonds. The zero-order valence-electron chi connectivity index (χ0n) is 17.3. The van der Waals surface area contributed by atoms with Crippen LogP contribution in [0.5, 0.6) is 0 Å². The Morgan fingerprint density at radius 1 is 0.700 bits per heavy atom. The fourth-order valence-electron chi connectivity index (χ4n) is 6.01. The third kappa shape index (κ3) is 1.92. The van der Waals surface area contributed by atoms with Crippen LogP contribution >= 0.6 is 0 Å². The van der Waals surface area contributed by atoms with Gasteiger partial charge in [0.15, 0.2) is 0 Å². The van der Waals surface area contributed by atoms with Crippen LogP contribution in [0.2, 0.25) is 0 Å². The maximum Gasteiger partial charge on any atom is 0.0165 e. The first-order chi connectivity index (χ1) is 14.6. The number of allylic oxidation sites excluding steroid dienone is 1. The lowest BCUT2D eigenvalue weighted by molar-refractivity contribution is 0.651. The van der Waals surface area contributed by atoms with Gasteiger partial charge in [0, 0.05) is 5.41 Å². The Kier molecular flexibility index (Phi) is 2.96. The summed E-state index contributed by atoms with van der Waals surface area (Å²) in [6.45, 7) is 4.82. The minimum Gasteiger partial charge on any atom is -0.0795 e. The van der Waals surface area contributed by atoms with E-state index in [9.17, 15) is 0 Å². The highest BCUT2D eigenvalue weighted by atomic mass is 14.4. The molecule has 0 saturated carbocycles. The van der Waals surface area contributed by atoms with E-state index < -0.39 is 0 Å². The van der Waals surface area contributed by atoms with E-state index in [2.05, 4.69) is 98.8 Å². The fraction of sp³-hybridized carbons (Fsp3) is 0.133. The number of hydrogen-bond acceptors (Lipinski definition) is 0. The van der Waals surface area contributed by atoms with Crippen LogP contribution < -0.4 is 0 Å². The lowest BCUT2D eigenvalue weighted by atomic mass is 9.66. The zero-order chi connectivity index (χ0) is 20.0. The van der Waals surface area contributed by atoms with Crippen LogP contribution in [0.4, 0.5) is 0 Å². The van der Waals surface area contributed by atoms with Crippen molar-refractivity contribution in [2.24, 2.45) is 0 Å². The van der Waals surface area contributed by atoms with E-state index in [1.807, 2.05) is 0 Å². The number of fused-ring (bicyclic) bond motifs is 5. The Morgan fingerprint density at radius 2 is 1.50 bits per heavy atom. The first-order valence-electron chi connectivity index (χ1n) is 10.8. The zero-order valence-corrected chi connectivity index (χ0v) is 17.3. The molecular formula is C30H22. The van der Waals surface area contributed by atoms with Crippen LogP contribution in [0.1, 0.15) is 36.1 Å². The summed E-state index contributed by atoms with van der Waals surface area (Å²) in [5, 5.41) is 8.27. The van der Waals surface area contributed by atoms with E-state index in [0.29, 0.717) is 0 Å². The largest absolute Gasteiger partial charge is 0.0795 e. The molecule has 0 N–H and O–H groups in total. The molecule has 7 rings (SSSR count). The van der Waals surface area contributed by atoms with E-state index >= 15 is 0 Å². The summed E-state index contributed by atoms with van der Waals surface area (Å²) in [4.78, 5) is 0. The summed E-state index contributed by atoms with van der Waals surface area (Å²) < 4.78 is 0. The van der Waals surface area contributed by atoms with Gasteiger partial charge in [-0.2, -0.15) is 0 Å². The molecule has 0 bridgehead atoms. The summed E-state index contributed by atoms with van der Waals surface area (Å²) in [5.41, 5.74) is 8.48. The predicted molar refractivity (Wildman–Crippen MR) is 129 cm³/mol. The SMILES string of the molecule is CC1(C)c2c(ccc3cc4ccccc4cc23)-c2ccc3c4c(ccc1c24)C=CC3. The minimum absolute atomic E-state index is 0.0530. The number of rotatable bonds is 0. The minimum atomic E-state index is -0.0530. The van der Waals surface area contributed by atoms with Crippen molar-refractivity contribution in [1.82, 2.24) is 0 Å². The molecule has 0 fully saturated rings. The van der Waals surface area contributed by atoms with Crippen LogP contribution in [0, 0.1) is 0 Å². The average Bonchev–Trinajstić information content (AvgIpc) is 2.77. The molecule has 0 nitrogen and oxygen atoms in total. The molecule has 0 unspecified atom stereocenters. The van der Waals surface area contributed by atoms with Gasteiger partial charge >= 0.3 is 0 Å². The van der Waals surface area contributed by atoms with E-state index in [-0.39, 0.29) is 5.41 Å². The summed E-state index contributed by atoms with van der Waals surface area (Å²) in [6.07, 6.45) is 5.62. The van der Waals surface area contributed by atoms with Crippen LogP contribution in [0.15, 0.2) is 78.9 Å². The first kappa shape index (κ1) is 16.4. The second-order valence-corrected chi connectivity index (χ2v) is 9.36. The third-order valence-corrected chi connectivity index (χ3v) is 7.39. The van der Waals surface area contributed by atoms with Crippen LogP contribution in [-0.2, 0) is 11.8 Å². The van der Waals surface area contributed by atoms with Crippen molar-refractivity contribution >= 4 is 38.4 Å². The number of hydrogen-bond donors (Lipinski definition) is 0. The second-order valence-electron chi connectivity index (χ2n) is 9.36. The van der Waals surface area contributed by atoms with Gasteiger partial charge in [0.25, 0.3) is 0 Å². The standard InChI is InChI=1S/C30H22/c1-30(2)26-15-12-19-9-5-8-18-10-13-23(28(26)27(18)19)24-14-11-22-16-20-6-3-4-7-21(20)17-25(22)29(24)30/h3-7,9-17H,8H2,1-2H3. The molecule has 0 aliphatic heterocycles. The van der Waals surface area contributed by atoms with Gasteiger partial charge in [0.2, 0.25) is 0 Å². The molecule has 142 valence electrons. The van der Waals surface area contributed by atoms with Gasteiger partial charge in [-0.1, -0.05) is 86.7 Å². The highest BCUT2D eigenvalue weighted by Gasteiger charge is 2.35. The van der Waals surface area contributed by atoms with Gasteiger partial charge in [-0.15, -0.1) is 0 Å². The molecule has 5 aromatic rings. The molecule has 5 aromatic carbocycles. The second kappa shape index (κ2) is 5.40. The van der Waals surface area contributed by atoms with Gasteiger partial charge in [0.1, 0.15) is 0 Å². The van der Waals surface area contributed by atoms with Gasteiger partial charge in [-0.3, -0.25) is 0 Å². The molecule has 0 radical (unpaired) electrons. The van der Waals surface area contributed by atoms with E-state index in [4.69, 9.17) is 0 Å². The van der Waals surface area contributed by atoms with Crippen molar-refractivity contribution in [3.05, 3.63) is 101 Å². The molecule has 30 heavy (non-hydrogen) atoms.